The third-order valence-electron chi connectivity index (χ3n) is 4.98. The number of hydrogen-bond acceptors (Lipinski definition) is 9. The van der Waals surface area contributed by atoms with Crippen molar-refractivity contribution in [2.24, 2.45) is 0 Å². The molecule has 4 N–H and O–H groups in total. The molecule has 0 radical (unpaired) electrons. The molecule has 0 aliphatic heterocycles. The number of phenols is 1. The van der Waals surface area contributed by atoms with Crippen LogP contribution in [0.25, 0.3) is 11.3 Å². The number of nitrogen functional groups attached to an aromatic ring is 1. The van der Waals surface area contributed by atoms with Crippen LogP contribution in [0.3, 0.4) is 0 Å². The highest BCUT2D eigenvalue weighted by Gasteiger charge is 2.10. The van der Waals surface area contributed by atoms with Crippen LogP contribution in [0.15, 0.2) is 53.7 Å². The summed E-state index contributed by atoms with van der Waals surface area (Å²) in [4.78, 5) is 9.05. The number of benzene rings is 2. The molecule has 0 saturated heterocycles. The minimum Gasteiger partial charge on any atom is -0.767 e. The second kappa shape index (κ2) is 12.1. The molecule has 1 unspecified atom stereocenters. The maximum absolute atomic E-state index is 12.9. The Morgan fingerprint density at radius 2 is 2.03 bits per heavy atom. The van der Waals surface area contributed by atoms with E-state index in [-0.39, 0.29) is 15.8 Å². The highest BCUT2D eigenvalue weighted by molar-refractivity contribution is 7.79. The zero-order valence-corrected chi connectivity index (χ0v) is 21.9. The van der Waals surface area contributed by atoms with Crippen LogP contribution in [0.2, 0.25) is 5.02 Å². The number of nitrogens with two attached hydrogens (primary N) is 1. The number of para-hydroxylation sites is 1. The maximum Gasteiger partial charge on any atom is 0.180 e. The van der Waals surface area contributed by atoms with Crippen LogP contribution >= 0.6 is 22.9 Å². The Hall–Kier alpha value is -3.25. The molecule has 0 saturated carbocycles. The Kier molecular flexibility index (Phi) is 9.21. The second-order valence-electron chi connectivity index (χ2n) is 7.49. The van der Waals surface area contributed by atoms with E-state index < -0.39 is 16.9 Å². The van der Waals surface area contributed by atoms with Crippen LogP contribution in [-0.2, 0) is 17.6 Å². The van der Waals surface area contributed by atoms with E-state index in [1.165, 1.54) is 30.7 Å². The molecule has 190 valence electrons. The SMILES string of the molecule is COc1cccc(CNc2cnc(S(=O)[O-])c(C)c2)c1O.Cc1sc(N)nc1-c1ccc(F)c(Cl)c1. The van der Waals surface area contributed by atoms with Crippen LogP contribution in [0.4, 0.5) is 15.2 Å². The smallest absolute Gasteiger partial charge is 0.180 e. The van der Waals surface area contributed by atoms with Crippen molar-refractivity contribution in [3.05, 3.63) is 75.5 Å². The van der Waals surface area contributed by atoms with E-state index in [0.717, 1.165) is 16.1 Å². The van der Waals surface area contributed by atoms with Crippen molar-refractivity contribution in [1.29, 1.82) is 0 Å². The molecule has 0 aliphatic carbocycles. The van der Waals surface area contributed by atoms with E-state index in [9.17, 15) is 18.3 Å². The number of ether oxygens (including phenoxy) is 1. The van der Waals surface area contributed by atoms with Gasteiger partial charge >= 0.3 is 0 Å². The molecule has 2 aromatic carbocycles. The van der Waals surface area contributed by atoms with E-state index in [1.807, 2.05) is 6.92 Å². The molecule has 2 heterocycles. The van der Waals surface area contributed by atoms with Crippen LogP contribution in [0.1, 0.15) is 16.0 Å². The van der Waals surface area contributed by atoms with E-state index >= 15 is 0 Å². The Balaban J connectivity index is 0.000000212. The molecular weight excluding hydrogens is 527 g/mol. The monoisotopic (exact) mass is 549 g/mol. The fraction of sp³-hybridized carbons (Fsp3) is 0.167. The number of rotatable bonds is 6. The standard InChI is InChI=1S/C14H16N2O4S.C10H8ClFN2S/c1-9-6-11(8-16-14(9)21(18)19)15-7-10-4-3-5-12(20-2)13(10)17;1-5-9(14-10(13)15-5)6-2-3-8(12)7(11)4-6/h3-6,8,15,17H,7H2,1-2H3,(H,18,19);2-4H,1H3,(H2,13,14)/p-1. The number of methoxy groups -OCH3 is 1. The molecule has 0 fully saturated rings. The number of aryl methyl sites for hydroxylation is 2. The van der Waals surface area contributed by atoms with Crippen molar-refractivity contribution in [3.63, 3.8) is 0 Å². The van der Waals surface area contributed by atoms with Gasteiger partial charge in [0, 0.05) is 22.5 Å². The minimum atomic E-state index is -2.34. The number of pyridine rings is 1. The van der Waals surface area contributed by atoms with Gasteiger partial charge in [-0.25, -0.2) is 14.4 Å². The number of aromatic hydroxyl groups is 1. The van der Waals surface area contributed by atoms with Crippen LogP contribution in [0.5, 0.6) is 11.5 Å². The highest BCUT2D eigenvalue weighted by atomic mass is 35.5. The third-order valence-corrected chi connectivity index (χ3v) is 6.81. The third kappa shape index (κ3) is 6.70. The van der Waals surface area contributed by atoms with Crippen LogP contribution in [-0.4, -0.2) is 30.9 Å². The Morgan fingerprint density at radius 1 is 1.28 bits per heavy atom. The number of thiazole rings is 1. The topological polar surface area (TPSA) is 133 Å². The maximum atomic E-state index is 12.9. The molecule has 4 rings (SSSR count). The van der Waals surface area contributed by atoms with Gasteiger partial charge in [-0.3, -0.25) is 4.21 Å². The molecule has 4 aromatic rings. The van der Waals surface area contributed by atoms with Gasteiger partial charge in [-0.1, -0.05) is 23.7 Å². The van der Waals surface area contributed by atoms with E-state index in [0.29, 0.717) is 34.2 Å². The lowest BCUT2D eigenvalue weighted by Crippen LogP contribution is -2.03. The molecule has 36 heavy (non-hydrogen) atoms. The van der Waals surface area contributed by atoms with Gasteiger partial charge in [0.05, 0.1) is 29.7 Å². The fourth-order valence-electron chi connectivity index (χ4n) is 3.23. The van der Waals surface area contributed by atoms with Gasteiger partial charge in [0.1, 0.15) is 10.8 Å². The van der Waals surface area contributed by atoms with Crippen LogP contribution < -0.4 is 15.8 Å². The van der Waals surface area contributed by atoms with Crippen molar-refractivity contribution in [2.75, 3.05) is 18.2 Å². The van der Waals surface area contributed by atoms with Gasteiger partial charge in [-0.2, -0.15) is 0 Å². The van der Waals surface area contributed by atoms with Crippen LogP contribution in [0, 0.1) is 19.7 Å². The number of hydrogen-bond donors (Lipinski definition) is 3. The second-order valence-corrected chi connectivity index (χ2v) is 9.99. The summed E-state index contributed by atoms with van der Waals surface area (Å²) in [5.41, 5.74) is 9.03. The van der Waals surface area contributed by atoms with E-state index in [4.69, 9.17) is 22.1 Å². The Morgan fingerprint density at radius 3 is 2.61 bits per heavy atom. The number of nitrogens with zero attached hydrogens (tertiary/aromatic N) is 2. The number of halogens is 2. The molecule has 0 bridgehead atoms. The van der Waals surface area contributed by atoms with Crippen molar-refractivity contribution < 1.29 is 23.0 Å². The Bertz CT molecular complexity index is 1400. The van der Waals surface area contributed by atoms with Gasteiger partial charge in [0.15, 0.2) is 16.6 Å². The van der Waals surface area contributed by atoms with Gasteiger partial charge in [0.25, 0.3) is 0 Å². The average molecular weight is 550 g/mol. The molecule has 0 spiro atoms. The average Bonchev–Trinajstić information content (AvgIpc) is 3.18. The number of anilines is 2. The van der Waals surface area contributed by atoms with Gasteiger partial charge < -0.3 is 25.4 Å². The number of nitrogens with one attached hydrogen (secondary N) is 1. The molecule has 0 amide bonds. The molecular formula is C24H23ClFN4O4S2-. The molecule has 1 atom stereocenters. The minimum absolute atomic E-state index is 0.0322. The fourth-order valence-corrected chi connectivity index (χ4v) is 4.59. The lowest BCUT2D eigenvalue weighted by molar-refractivity contribution is 0.371. The normalized spacial score (nSPS) is 11.4. The summed E-state index contributed by atoms with van der Waals surface area (Å²) in [5, 5.41) is 13.7. The lowest BCUT2D eigenvalue weighted by atomic mass is 10.1. The van der Waals surface area contributed by atoms with Crippen molar-refractivity contribution in [2.45, 2.75) is 25.4 Å². The summed E-state index contributed by atoms with van der Waals surface area (Å²) in [6, 6.07) is 11.4. The van der Waals surface area contributed by atoms with Gasteiger partial charge in [0.2, 0.25) is 0 Å². The number of aromatic nitrogens is 2. The predicted octanol–water partition coefficient (Wildman–Crippen LogP) is 5.45. The van der Waals surface area contributed by atoms with Gasteiger partial charge in [-0.05, 0) is 60.8 Å². The van der Waals surface area contributed by atoms with Crippen molar-refractivity contribution >= 4 is 44.8 Å². The summed E-state index contributed by atoms with van der Waals surface area (Å²) in [6.07, 6.45) is 1.44. The van der Waals surface area contributed by atoms with E-state index in [2.05, 4.69) is 15.3 Å². The molecule has 0 aliphatic rings. The largest absolute Gasteiger partial charge is 0.767 e. The molecule has 12 heteroatoms. The first-order valence-corrected chi connectivity index (χ1v) is 12.7. The predicted molar refractivity (Wildman–Crippen MR) is 140 cm³/mol. The summed E-state index contributed by atoms with van der Waals surface area (Å²) < 4.78 is 39.8. The zero-order chi connectivity index (χ0) is 26.4. The molecule has 8 nitrogen and oxygen atoms in total. The first-order valence-electron chi connectivity index (χ1n) is 10.4. The first-order chi connectivity index (χ1) is 17.1. The van der Waals surface area contributed by atoms with Gasteiger partial charge in [-0.15, -0.1) is 11.3 Å². The Labute approximate surface area is 219 Å². The zero-order valence-electron chi connectivity index (χ0n) is 19.5. The molecule has 2 aromatic heterocycles. The number of phenolic OH excluding ortho intramolecular Hbond substituents is 1. The summed E-state index contributed by atoms with van der Waals surface area (Å²) in [6.45, 7) is 3.96. The summed E-state index contributed by atoms with van der Waals surface area (Å²) in [7, 11) is 1.49. The highest BCUT2D eigenvalue weighted by Crippen LogP contribution is 2.31. The first kappa shape index (κ1) is 27.3. The van der Waals surface area contributed by atoms with E-state index in [1.54, 1.807) is 43.3 Å². The summed E-state index contributed by atoms with van der Waals surface area (Å²) in [5.74, 6) is 0.0523. The van der Waals surface area contributed by atoms with Crippen molar-refractivity contribution in [1.82, 2.24) is 9.97 Å². The lowest BCUT2D eigenvalue weighted by Gasteiger charge is -2.12. The summed E-state index contributed by atoms with van der Waals surface area (Å²) >= 11 is 4.75. The quantitative estimate of drug-likeness (QED) is 0.270. The van der Waals surface area contributed by atoms with Crippen molar-refractivity contribution in [3.8, 4) is 22.8 Å².